The van der Waals surface area contributed by atoms with Gasteiger partial charge in [-0.15, -0.1) is 0 Å². The number of amides is 2. The highest BCUT2D eigenvalue weighted by atomic mass is 35.5. The van der Waals surface area contributed by atoms with Crippen molar-refractivity contribution in [1.29, 1.82) is 0 Å². The van der Waals surface area contributed by atoms with Gasteiger partial charge in [0, 0.05) is 32.1 Å². The molecule has 0 saturated carbocycles. The fourth-order valence-corrected chi connectivity index (χ4v) is 2.74. The number of ether oxygens (including phenoxy) is 1. The highest BCUT2D eigenvalue weighted by Crippen LogP contribution is 2.20. The average Bonchev–Trinajstić information content (AvgIpc) is 2.61. The average molecular weight is 379 g/mol. The maximum Gasteiger partial charge on any atom is 0.255 e. The number of para-hydroxylation sites is 1. The van der Waals surface area contributed by atoms with Gasteiger partial charge in [-0.2, -0.15) is 0 Å². The molecule has 2 rings (SSSR count). The summed E-state index contributed by atoms with van der Waals surface area (Å²) < 4.78 is 19.1. The molecular weight excluding hydrogens is 359 g/mol. The molecule has 26 heavy (non-hydrogen) atoms. The monoisotopic (exact) mass is 378 g/mol. The molecule has 0 aromatic heterocycles. The number of halogens is 2. The van der Waals surface area contributed by atoms with E-state index in [9.17, 15) is 14.0 Å². The summed E-state index contributed by atoms with van der Waals surface area (Å²) in [6.45, 7) is 2.23. The zero-order valence-corrected chi connectivity index (χ0v) is 15.3. The van der Waals surface area contributed by atoms with Crippen LogP contribution in [0.5, 0.6) is 5.75 Å². The van der Waals surface area contributed by atoms with Gasteiger partial charge >= 0.3 is 0 Å². The van der Waals surface area contributed by atoms with Gasteiger partial charge in [0.2, 0.25) is 5.91 Å². The quantitative estimate of drug-likeness (QED) is 0.804. The fourth-order valence-electron chi connectivity index (χ4n) is 2.49. The van der Waals surface area contributed by atoms with E-state index in [0.717, 1.165) is 5.56 Å². The van der Waals surface area contributed by atoms with Crippen LogP contribution in [0.25, 0.3) is 0 Å². The lowest BCUT2D eigenvalue weighted by atomic mass is 10.2. The summed E-state index contributed by atoms with van der Waals surface area (Å²) in [5.74, 6) is -0.767. The molecule has 138 valence electrons. The number of rotatable bonds is 7. The predicted molar refractivity (Wildman–Crippen MR) is 97.8 cm³/mol. The van der Waals surface area contributed by atoms with Crippen molar-refractivity contribution in [3.05, 3.63) is 64.4 Å². The van der Waals surface area contributed by atoms with E-state index >= 15 is 0 Å². The van der Waals surface area contributed by atoms with Gasteiger partial charge in [0.1, 0.15) is 11.6 Å². The first-order valence-electron chi connectivity index (χ1n) is 8.03. The minimum Gasteiger partial charge on any atom is -0.496 e. The Hall–Kier alpha value is -2.60. The van der Waals surface area contributed by atoms with Crippen LogP contribution in [0.4, 0.5) is 4.39 Å². The second kappa shape index (κ2) is 9.20. The largest absolute Gasteiger partial charge is 0.496 e. The van der Waals surface area contributed by atoms with Crippen LogP contribution in [-0.2, 0) is 11.3 Å². The summed E-state index contributed by atoms with van der Waals surface area (Å²) in [5, 5.41) is 2.63. The molecule has 7 heteroatoms. The lowest BCUT2D eigenvalue weighted by molar-refractivity contribution is -0.129. The molecule has 2 aromatic rings. The molecule has 0 aliphatic carbocycles. The van der Waals surface area contributed by atoms with E-state index in [1.165, 1.54) is 25.1 Å². The number of methoxy groups -OCH3 is 1. The third-order valence-electron chi connectivity index (χ3n) is 3.86. The van der Waals surface area contributed by atoms with E-state index in [4.69, 9.17) is 16.3 Å². The number of hydrogen-bond acceptors (Lipinski definition) is 3. The van der Waals surface area contributed by atoms with Crippen molar-refractivity contribution in [2.24, 2.45) is 0 Å². The van der Waals surface area contributed by atoms with E-state index in [1.54, 1.807) is 12.0 Å². The minimum atomic E-state index is -0.688. The summed E-state index contributed by atoms with van der Waals surface area (Å²) in [7, 11) is 1.56. The van der Waals surface area contributed by atoms with Gasteiger partial charge in [0.05, 0.1) is 17.7 Å². The first-order chi connectivity index (χ1) is 12.4. The molecule has 0 heterocycles. The van der Waals surface area contributed by atoms with E-state index in [-0.39, 0.29) is 29.6 Å². The van der Waals surface area contributed by atoms with Crippen LogP contribution in [0.1, 0.15) is 22.8 Å². The van der Waals surface area contributed by atoms with Gasteiger partial charge in [-0.3, -0.25) is 9.59 Å². The number of nitrogens with zero attached hydrogens (tertiary/aromatic N) is 1. The maximum atomic E-state index is 13.8. The second-order valence-electron chi connectivity index (χ2n) is 5.60. The van der Waals surface area contributed by atoms with E-state index < -0.39 is 11.7 Å². The van der Waals surface area contributed by atoms with Crippen molar-refractivity contribution in [2.75, 3.05) is 20.2 Å². The molecule has 1 N–H and O–H groups in total. The molecule has 0 aliphatic rings. The van der Waals surface area contributed by atoms with Crippen molar-refractivity contribution in [3.8, 4) is 5.75 Å². The predicted octanol–water partition coefficient (Wildman–Crippen LogP) is 3.27. The summed E-state index contributed by atoms with van der Waals surface area (Å²) in [5.41, 5.74) is 0.655. The van der Waals surface area contributed by atoms with Crippen molar-refractivity contribution in [2.45, 2.75) is 13.5 Å². The molecule has 0 spiro atoms. The van der Waals surface area contributed by atoms with Gasteiger partial charge < -0.3 is 15.0 Å². The molecule has 0 fully saturated rings. The topological polar surface area (TPSA) is 58.6 Å². The standard InChI is InChI=1S/C19H20ClFN2O3/c1-13(24)23(12-14-6-3-4-9-17(14)26-2)11-10-22-19(25)18-15(20)7-5-8-16(18)21/h3-9H,10-12H2,1-2H3,(H,22,25). The first kappa shape index (κ1) is 19.7. The van der Waals surface area contributed by atoms with Crippen LogP contribution in [0.15, 0.2) is 42.5 Å². The van der Waals surface area contributed by atoms with E-state index in [1.807, 2.05) is 24.3 Å². The Morgan fingerprint density at radius 1 is 1.19 bits per heavy atom. The lowest BCUT2D eigenvalue weighted by Gasteiger charge is -2.22. The van der Waals surface area contributed by atoms with Crippen LogP contribution in [0.2, 0.25) is 5.02 Å². The van der Waals surface area contributed by atoms with E-state index in [2.05, 4.69) is 5.32 Å². The van der Waals surface area contributed by atoms with Crippen molar-refractivity contribution in [1.82, 2.24) is 10.2 Å². The van der Waals surface area contributed by atoms with E-state index in [0.29, 0.717) is 12.3 Å². The summed E-state index contributed by atoms with van der Waals surface area (Å²) in [4.78, 5) is 25.6. The van der Waals surface area contributed by atoms with Crippen LogP contribution in [0.3, 0.4) is 0 Å². The Morgan fingerprint density at radius 3 is 2.58 bits per heavy atom. The molecule has 0 saturated heterocycles. The molecule has 0 aliphatic heterocycles. The number of nitrogens with one attached hydrogen (secondary N) is 1. The van der Waals surface area contributed by atoms with Gasteiger partial charge in [-0.05, 0) is 18.2 Å². The van der Waals surface area contributed by atoms with Crippen molar-refractivity contribution >= 4 is 23.4 Å². The van der Waals surface area contributed by atoms with Gasteiger partial charge in [-0.1, -0.05) is 35.9 Å². The van der Waals surface area contributed by atoms with Gasteiger partial charge in [-0.25, -0.2) is 4.39 Å². The first-order valence-corrected chi connectivity index (χ1v) is 8.41. The third kappa shape index (κ3) is 4.95. The summed E-state index contributed by atoms with van der Waals surface area (Å²) in [6, 6.07) is 11.4. The SMILES string of the molecule is COc1ccccc1CN(CCNC(=O)c1c(F)cccc1Cl)C(C)=O. The zero-order valence-electron chi connectivity index (χ0n) is 14.6. The highest BCUT2D eigenvalue weighted by molar-refractivity contribution is 6.33. The second-order valence-corrected chi connectivity index (χ2v) is 6.01. The highest BCUT2D eigenvalue weighted by Gasteiger charge is 2.17. The Kier molecular flexibility index (Phi) is 6.97. The lowest BCUT2D eigenvalue weighted by Crippen LogP contribution is -2.37. The number of benzene rings is 2. The Bertz CT molecular complexity index is 778. The molecule has 0 bridgehead atoms. The molecule has 0 atom stereocenters. The third-order valence-corrected chi connectivity index (χ3v) is 4.17. The molecule has 0 unspecified atom stereocenters. The van der Waals surface area contributed by atoms with Crippen LogP contribution in [0, 0.1) is 5.82 Å². The molecule has 2 amide bonds. The molecule has 5 nitrogen and oxygen atoms in total. The van der Waals surface area contributed by atoms with Crippen LogP contribution in [-0.4, -0.2) is 36.9 Å². The van der Waals surface area contributed by atoms with Crippen molar-refractivity contribution in [3.63, 3.8) is 0 Å². The molecular formula is C19H20ClFN2O3. The number of carbonyl (C=O) groups is 2. The molecule has 0 radical (unpaired) electrons. The van der Waals surface area contributed by atoms with Crippen LogP contribution >= 0.6 is 11.6 Å². The fraction of sp³-hybridized carbons (Fsp3) is 0.263. The zero-order chi connectivity index (χ0) is 19.1. The smallest absolute Gasteiger partial charge is 0.255 e. The van der Waals surface area contributed by atoms with Gasteiger partial charge in [0.15, 0.2) is 0 Å². The maximum absolute atomic E-state index is 13.8. The number of carbonyl (C=O) groups excluding carboxylic acids is 2. The minimum absolute atomic E-state index is 0.0416. The number of hydrogen-bond donors (Lipinski definition) is 1. The summed E-state index contributed by atoms with van der Waals surface area (Å²) in [6.07, 6.45) is 0. The Balaban J connectivity index is 1.99. The normalized spacial score (nSPS) is 10.3. The molecule has 2 aromatic carbocycles. The summed E-state index contributed by atoms with van der Waals surface area (Å²) >= 11 is 5.88. The van der Waals surface area contributed by atoms with Crippen molar-refractivity contribution < 1.29 is 18.7 Å². The Morgan fingerprint density at radius 2 is 1.92 bits per heavy atom. The van der Waals surface area contributed by atoms with Gasteiger partial charge in [0.25, 0.3) is 5.91 Å². The van der Waals surface area contributed by atoms with Crippen LogP contribution < -0.4 is 10.1 Å². The Labute approximate surface area is 156 Å².